The molecule has 1 N–H and O–H groups in total. The maximum Gasteiger partial charge on any atom is 0.156 e. The summed E-state index contributed by atoms with van der Waals surface area (Å²) in [6.07, 6.45) is 3.52. The van der Waals surface area contributed by atoms with Crippen LogP contribution in [0, 0.1) is 0 Å². The van der Waals surface area contributed by atoms with Crippen LogP contribution in [0.3, 0.4) is 0 Å². The molecule has 0 saturated carbocycles. The maximum absolute atomic E-state index is 9.27. The first kappa shape index (κ1) is 8.11. The van der Waals surface area contributed by atoms with Crippen molar-refractivity contribution in [1.29, 1.82) is 0 Å². The van der Waals surface area contributed by atoms with Crippen molar-refractivity contribution < 1.29 is 5.11 Å². The zero-order chi connectivity index (χ0) is 8.27. The lowest BCUT2D eigenvalue weighted by atomic mass is 10.3. The Labute approximate surface area is 66.7 Å². The predicted octanol–water partition coefficient (Wildman–Crippen LogP) is 1.56. The molecule has 0 aliphatic carbocycles. The van der Waals surface area contributed by atoms with Gasteiger partial charge in [-0.3, -0.25) is 4.68 Å². The number of hydrogen-bond acceptors (Lipinski definition) is 2. The van der Waals surface area contributed by atoms with E-state index < -0.39 is 0 Å². The second-order valence-corrected chi connectivity index (χ2v) is 2.58. The van der Waals surface area contributed by atoms with E-state index in [-0.39, 0.29) is 0 Å². The van der Waals surface area contributed by atoms with Crippen molar-refractivity contribution in [3.8, 4) is 5.75 Å². The molecule has 0 saturated heterocycles. The second-order valence-electron chi connectivity index (χ2n) is 2.58. The molecule has 0 bridgehead atoms. The monoisotopic (exact) mass is 154 g/mol. The van der Waals surface area contributed by atoms with Crippen LogP contribution in [0.5, 0.6) is 5.75 Å². The Morgan fingerprint density at radius 1 is 1.55 bits per heavy atom. The Morgan fingerprint density at radius 2 is 2.27 bits per heavy atom. The van der Waals surface area contributed by atoms with E-state index in [0.29, 0.717) is 5.75 Å². The van der Waals surface area contributed by atoms with Crippen LogP contribution in [0.1, 0.15) is 26.0 Å². The van der Waals surface area contributed by atoms with Crippen LogP contribution in [-0.2, 0) is 13.0 Å². The average Bonchev–Trinajstić information content (AvgIpc) is 2.32. The molecule has 0 aliphatic rings. The van der Waals surface area contributed by atoms with E-state index in [9.17, 15) is 5.11 Å². The van der Waals surface area contributed by atoms with Gasteiger partial charge in [-0.2, -0.15) is 5.10 Å². The van der Waals surface area contributed by atoms with Crippen molar-refractivity contribution in [2.24, 2.45) is 0 Å². The van der Waals surface area contributed by atoms with Crippen LogP contribution in [0.2, 0.25) is 0 Å². The first-order chi connectivity index (χ1) is 5.27. The van der Waals surface area contributed by atoms with E-state index in [1.165, 1.54) is 0 Å². The summed E-state index contributed by atoms with van der Waals surface area (Å²) in [5, 5.41) is 13.5. The van der Waals surface area contributed by atoms with E-state index in [4.69, 9.17) is 0 Å². The Balaban J connectivity index is 2.77. The summed E-state index contributed by atoms with van der Waals surface area (Å²) in [6, 6.07) is 0. The zero-order valence-electron chi connectivity index (χ0n) is 7.04. The molecule has 0 unspecified atom stereocenters. The van der Waals surface area contributed by atoms with Gasteiger partial charge in [-0.1, -0.05) is 13.8 Å². The van der Waals surface area contributed by atoms with Crippen LogP contribution in [0.15, 0.2) is 6.20 Å². The van der Waals surface area contributed by atoms with Crippen LogP contribution in [0.4, 0.5) is 0 Å². The van der Waals surface area contributed by atoms with E-state index in [2.05, 4.69) is 12.0 Å². The van der Waals surface area contributed by atoms with Crippen molar-refractivity contribution in [3.05, 3.63) is 11.9 Å². The number of aromatic hydroxyl groups is 1. The third-order valence-corrected chi connectivity index (χ3v) is 1.60. The summed E-state index contributed by atoms with van der Waals surface area (Å²) in [5.74, 6) is 0.320. The molecular formula is C8H14N2O. The molecule has 1 rings (SSSR count). The SMILES string of the molecule is CCCn1cc(O)c(CC)n1. The van der Waals surface area contributed by atoms with Gasteiger partial charge >= 0.3 is 0 Å². The minimum atomic E-state index is 0.320. The van der Waals surface area contributed by atoms with E-state index in [0.717, 1.165) is 25.1 Å². The summed E-state index contributed by atoms with van der Waals surface area (Å²) in [5.41, 5.74) is 0.790. The third kappa shape index (κ3) is 1.73. The van der Waals surface area contributed by atoms with Crippen LogP contribution < -0.4 is 0 Å². The van der Waals surface area contributed by atoms with Gasteiger partial charge in [0.15, 0.2) is 5.75 Å². The highest BCUT2D eigenvalue weighted by atomic mass is 16.3. The molecule has 3 heteroatoms. The highest BCUT2D eigenvalue weighted by molar-refractivity contribution is 5.22. The highest BCUT2D eigenvalue weighted by Gasteiger charge is 2.03. The molecule has 1 aromatic rings. The van der Waals surface area contributed by atoms with Gasteiger partial charge in [-0.05, 0) is 12.8 Å². The van der Waals surface area contributed by atoms with E-state index in [1.807, 2.05) is 6.92 Å². The van der Waals surface area contributed by atoms with Gasteiger partial charge in [0.1, 0.15) is 5.69 Å². The second kappa shape index (κ2) is 3.42. The fraction of sp³-hybridized carbons (Fsp3) is 0.625. The van der Waals surface area contributed by atoms with Gasteiger partial charge in [0.05, 0.1) is 6.20 Å². The van der Waals surface area contributed by atoms with E-state index >= 15 is 0 Å². The topological polar surface area (TPSA) is 38.0 Å². The summed E-state index contributed by atoms with van der Waals surface area (Å²) in [6.45, 7) is 4.95. The minimum Gasteiger partial charge on any atom is -0.504 e. The Kier molecular flexibility index (Phi) is 2.52. The van der Waals surface area contributed by atoms with Gasteiger partial charge in [-0.15, -0.1) is 0 Å². The molecule has 0 amide bonds. The summed E-state index contributed by atoms with van der Waals surface area (Å²) < 4.78 is 1.79. The fourth-order valence-corrected chi connectivity index (χ4v) is 1.05. The Bertz CT molecular complexity index is 230. The largest absolute Gasteiger partial charge is 0.504 e. The summed E-state index contributed by atoms with van der Waals surface area (Å²) in [4.78, 5) is 0. The van der Waals surface area contributed by atoms with Gasteiger partial charge in [-0.25, -0.2) is 0 Å². The number of aryl methyl sites for hydroxylation is 2. The van der Waals surface area contributed by atoms with Crippen molar-refractivity contribution in [3.63, 3.8) is 0 Å². The molecule has 0 fully saturated rings. The molecule has 1 heterocycles. The Hall–Kier alpha value is -0.990. The highest BCUT2D eigenvalue weighted by Crippen LogP contribution is 2.14. The summed E-state index contributed by atoms with van der Waals surface area (Å²) in [7, 11) is 0. The van der Waals surface area contributed by atoms with Crippen molar-refractivity contribution >= 4 is 0 Å². The molecule has 62 valence electrons. The molecular weight excluding hydrogens is 140 g/mol. The molecule has 1 aromatic heterocycles. The smallest absolute Gasteiger partial charge is 0.156 e. The third-order valence-electron chi connectivity index (χ3n) is 1.60. The lowest BCUT2D eigenvalue weighted by Gasteiger charge is -1.93. The number of hydrogen-bond donors (Lipinski definition) is 1. The van der Waals surface area contributed by atoms with E-state index in [1.54, 1.807) is 10.9 Å². The molecule has 3 nitrogen and oxygen atoms in total. The maximum atomic E-state index is 9.27. The molecule has 11 heavy (non-hydrogen) atoms. The predicted molar refractivity (Wildman–Crippen MR) is 43.6 cm³/mol. The van der Waals surface area contributed by atoms with Crippen LogP contribution in [0.25, 0.3) is 0 Å². The van der Waals surface area contributed by atoms with Gasteiger partial charge < -0.3 is 5.11 Å². The fourth-order valence-electron chi connectivity index (χ4n) is 1.05. The number of aromatic nitrogens is 2. The first-order valence-electron chi connectivity index (χ1n) is 4.03. The van der Waals surface area contributed by atoms with Crippen molar-refractivity contribution in [2.45, 2.75) is 33.2 Å². The van der Waals surface area contributed by atoms with Gasteiger partial charge in [0, 0.05) is 6.54 Å². The normalized spacial score (nSPS) is 10.4. The van der Waals surface area contributed by atoms with Gasteiger partial charge in [0.25, 0.3) is 0 Å². The van der Waals surface area contributed by atoms with Crippen LogP contribution in [-0.4, -0.2) is 14.9 Å². The standard InChI is InChI=1S/C8H14N2O/c1-3-5-10-6-8(11)7(4-2)9-10/h6,11H,3-5H2,1-2H3. The molecule has 0 aliphatic heterocycles. The lowest BCUT2D eigenvalue weighted by molar-refractivity contribution is 0.468. The average molecular weight is 154 g/mol. The number of nitrogens with zero attached hydrogens (tertiary/aromatic N) is 2. The van der Waals surface area contributed by atoms with Gasteiger partial charge in [0.2, 0.25) is 0 Å². The number of rotatable bonds is 3. The van der Waals surface area contributed by atoms with Crippen LogP contribution >= 0.6 is 0 Å². The lowest BCUT2D eigenvalue weighted by Crippen LogP contribution is -1.97. The first-order valence-corrected chi connectivity index (χ1v) is 4.03. The van der Waals surface area contributed by atoms with Crippen molar-refractivity contribution in [2.75, 3.05) is 0 Å². The zero-order valence-corrected chi connectivity index (χ0v) is 7.04. The minimum absolute atomic E-state index is 0.320. The Morgan fingerprint density at radius 3 is 2.73 bits per heavy atom. The molecule has 0 atom stereocenters. The molecule has 0 aromatic carbocycles. The van der Waals surface area contributed by atoms with Crippen molar-refractivity contribution in [1.82, 2.24) is 9.78 Å². The summed E-state index contributed by atoms with van der Waals surface area (Å²) >= 11 is 0. The quantitative estimate of drug-likeness (QED) is 0.717. The molecule has 0 spiro atoms. The molecule has 0 radical (unpaired) electrons.